The number of amides is 1. The number of rotatable bonds is 6. The normalized spacial score (nSPS) is 15.4. The van der Waals surface area contributed by atoms with Crippen LogP contribution in [-0.2, 0) is 14.8 Å². The number of benzene rings is 2. The number of anilines is 2. The summed E-state index contributed by atoms with van der Waals surface area (Å²) in [5, 5.41) is 2.53. The lowest BCUT2D eigenvalue weighted by atomic mass is 10.2. The van der Waals surface area contributed by atoms with Gasteiger partial charge in [0, 0.05) is 56.5 Å². The Morgan fingerprint density at radius 3 is 2.54 bits per heavy atom. The van der Waals surface area contributed by atoms with E-state index in [0.717, 1.165) is 5.69 Å². The number of hydrogen-bond donors (Lipinski definition) is 1. The van der Waals surface area contributed by atoms with Gasteiger partial charge in [0.2, 0.25) is 5.91 Å². The van der Waals surface area contributed by atoms with Crippen molar-refractivity contribution in [1.29, 1.82) is 0 Å². The van der Waals surface area contributed by atoms with Crippen LogP contribution >= 0.6 is 11.3 Å². The molecule has 1 fully saturated rings. The first kappa shape index (κ1) is 23.3. The minimum absolute atomic E-state index is 0. The second-order valence-corrected chi connectivity index (χ2v) is 10.9. The predicted octanol–water partition coefficient (Wildman–Crippen LogP) is 4.19. The Labute approximate surface area is 208 Å². The van der Waals surface area contributed by atoms with Gasteiger partial charge in [0.15, 0.2) is 5.13 Å². The highest BCUT2D eigenvalue weighted by atomic mass is 32.2. The largest absolute Gasteiger partial charge is 0.368 e. The number of carbonyl (C=O) groups excluding carboxylic acids is 1. The van der Waals surface area contributed by atoms with Crippen molar-refractivity contribution >= 4 is 49.0 Å². The summed E-state index contributed by atoms with van der Waals surface area (Å²) in [5.74, 6) is -0.312. The fraction of sp³-hybridized carbons (Fsp3) is 0.250. The average molecular weight is 516 g/mol. The predicted molar refractivity (Wildman–Crippen MR) is 137 cm³/mol. The zero-order valence-electron chi connectivity index (χ0n) is 19.0. The van der Waals surface area contributed by atoms with Gasteiger partial charge >= 0.3 is 0 Å². The molecule has 3 heterocycles. The van der Waals surface area contributed by atoms with E-state index in [2.05, 4.69) is 14.6 Å². The Morgan fingerprint density at radius 2 is 1.86 bits per heavy atom. The van der Waals surface area contributed by atoms with Crippen LogP contribution in [0.5, 0.6) is 0 Å². The van der Waals surface area contributed by atoms with Crippen LogP contribution in [-0.4, -0.2) is 55.0 Å². The van der Waals surface area contributed by atoms with Gasteiger partial charge in [-0.2, -0.15) is 0 Å². The van der Waals surface area contributed by atoms with Crippen molar-refractivity contribution in [1.82, 2.24) is 14.5 Å². The Kier molecular flexibility index (Phi) is 6.20. The lowest BCUT2D eigenvalue weighted by molar-refractivity contribution is -0.134. The molecule has 4 aromatic rings. The van der Waals surface area contributed by atoms with Crippen molar-refractivity contribution in [2.24, 2.45) is 0 Å². The molecule has 1 saturated heterocycles. The van der Waals surface area contributed by atoms with Crippen LogP contribution in [0.2, 0.25) is 0 Å². The fourth-order valence-corrected chi connectivity index (χ4v) is 6.13. The van der Waals surface area contributed by atoms with Crippen molar-refractivity contribution in [2.75, 3.05) is 35.8 Å². The number of thiazole rings is 1. The molecule has 0 bridgehead atoms. The molecule has 1 N–H and O–H groups in total. The highest BCUT2D eigenvalue weighted by Gasteiger charge is 2.27. The Bertz CT molecular complexity index is 1450. The third-order valence-corrected chi connectivity index (χ3v) is 8.41. The summed E-state index contributed by atoms with van der Waals surface area (Å²) < 4.78 is 43.4. The number of halogens is 1. The van der Waals surface area contributed by atoms with Gasteiger partial charge in [0.1, 0.15) is 11.9 Å². The van der Waals surface area contributed by atoms with E-state index < -0.39 is 16.1 Å². The average Bonchev–Trinajstić information content (AvgIpc) is 3.54. The molecule has 2 aromatic heterocycles. The zero-order chi connectivity index (χ0) is 24.6. The maximum Gasteiger partial charge on any atom is 0.263 e. The highest BCUT2D eigenvalue weighted by Crippen LogP contribution is 2.25. The third kappa shape index (κ3) is 4.61. The molecule has 1 aliphatic rings. The number of nitrogens with zero attached hydrogens (tertiary/aromatic N) is 4. The molecular weight excluding hydrogens is 489 g/mol. The van der Waals surface area contributed by atoms with Gasteiger partial charge in [0.05, 0.1) is 10.4 Å². The standard InChI is InChI=1S/C24H24FN5O3S2.H2/c1-17(30-11-9-20-21(25)3-2-4-22(20)30)23(31)29-14-12-28(13-15-29)18-5-7-19(8-6-18)35(32,33)27-24-26-10-16-34-24;/h2-11,16-17H,12-15H2,1H3,(H,26,27);1H/t17-;/m0./s1. The molecule has 0 saturated carbocycles. The van der Waals surface area contributed by atoms with Crippen LogP contribution in [0.1, 0.15) is 14.4 Å². The van der Waals surface area contributed by atoms with Gasteiger partial charge in [-0.15, -0.1) is 11.3 Å². The van der Waals surface area contributed by atoms with E-state index in [-0.39, 0.29) is 18.0 Å². The molecule has 0 aliphatic carbocycles. The molecule has 11 heteroatoms. The van der Waals surface area contributed by atoms with E-state index in [9.17, 15) is 17.6 Å². The molecule has 0 radical (unpaired) electrons. The number of piperazine rings is 1. The van der Waals surface area contributed by atoms with Gasteiger partial charge in [-0.1, -0.05) is 6.07 Å². The van der Waals surface area contributed by atoms with E-state index in [1.807, 2.05) is 22.5 Å². The summed E-state index contributed by atoms with van der Waals surface area (Å²) in [4.78, 5) is 21.2. The number of sulfonamides is 1. The molecule has 1 aliphatic heterocycles. The first-order valence-corrected chi connectivity index (χ1v) is 13.5. The lowest BCUT2D eigenvalue weighted by Gasteiger charge is -2.37. The highest BCUT2D eigenvalue weighted by molar-refractivity contribution is 7.93. The summed E-state index contributed by atoms with van der Waals surface area (Å²) >= 11 is 1.21. The number of aromatic nitrogens is 2. The summed E-state index contributed by atoms with van der Waals surface area (Å²) in [5.41, 5.74) is 1.59. The van der Waals surface area contributed by atoms with E-state index in [0.29, 0.717) is 42.2 Å². The summed E-state index contributed by atoms with van der Waals surface area (Å²) in [6, 6.07) is 12.8. The first-order chi connectivity index (χ1) is 16.8. The van der Waals surface area contributed by atoms with Gasteiger partial charge < -0.3 is 14.4 Å². The maximum atomic E-state index is 14.0. The van der Waals surface area contributed by atoms with E-state index >= 15 is 0 Å². The van der Waals surface area contributed by atoms with Gasteiger partial charge in [-0.05, 0) is 49.4 Å². The van der Waals surface area contributed by atoms with Crippen LogP contribution < -0.4 is 9.62 Å². The van der Waals surface area contributed by atoms with E-state index in [1.165, 1.54) is 23.6 Å². The van der Waals surface area contributed by atoms with Crippen molar-refractivity contribution in [3.63, 3.8) is 0 Å². The molecule has 35 heavy (non-hydrogen) atoms. The Morgan fingerprint density at radius 1 is 1.11 bits per heavy atom. The minimum Gasteiger partial charge on any atom is -0.368 e. The summed E-state index contributed by atoms with van der Waals surface area (Å²) in [7, 11) is -3.70. The lowest BCUT2D eigenvalue weighted by Crippen LogP contribution is -2.50. The molecular formula is C24H26FN5O3S2. The molecule has 5 rings (SSSR count). The Balaban J connectivity index is 0.00000304. The van der Waals surface area contributed by atoms with Crippen molar-refractivity contribution in [3.05, 3.63) is 72.1 Å². The van der Waals surface area contributed by atoms with Crippen LogP contribution in [0.3, 0.4) is 0 Å². The Hall–Kier alpha value is -3.44. The van der Waals surface area contributed by atoms with Crippen molar-refractivity contribution in [3.8, 4) is 0 Å². The molecule has 184 valence electrons. The molecule has 0 spiro atoms. The first-order valence-electron chi connectivity index (χ1n) is 11.1. The fourth-order valence-electron chi connectivity index (χ4n) is 4.34. The van der Waals surface area contributed by atoms with Crippen molar-refractivity contribution < 1.29 is 19.0 Å². The van der Waals surface area contributed by atoms with Crippen LogP contribution in [0.25, 0.3) is 10.9 Å². The maximum absolute atomic E-state index is 14.0. The monoisotopic (exact) mass is 515 g/mol. The number of fused-ring (bicyclic) bond motifs is 1. The third-order valence-electron chi connectivity index (χ3n) is 6.24. The quantitative estimate of drug-likeness (QED) is 0.416. The molecule has 0 unspecified atom stereocenters. The summed E-state index contributed by atoms with van der Waals surface area (Å²) in [6.07, 6.45) is 3.29. The molecule has 8 nitrogen and oxygen atoms in total. The molecule has 1 atom stereocenters. The molecule has 1 amide bonds. The van der Waals surface area contributed by atoms with Gasteiger partial charge in [-0.25, -0.2) is 17.8 Å². The smallest absolute Gasteiger partial charge is 0.263 e. The number of hydrogen-bond acceptors (Lipinski definition) is 6. The second-order valence-electron chi connectivity index (χ2n) is 8.32. The summed E-state index contributed by atoms with van der Waals surface area (Å²) in [6.45, 7) is 4.18. The minimum atomic E-state index is -3.70. The van der Waals surface area contributed by atoms with E-state index in [4.69, 9.17) is 0 Å². The van der Waals surface area contributed by atoms with Crippen LogP contribution in [0.15, 0.2) is 71.2 Å². The number of carbonyl (C=O) groups is 1. The van der Waals surface area contributed by atoms with Gasteiger partial charge in [-0.3, -0.25) is 9.52 Å². The zero-order valence-corrected chi connectivity index (χ0v) is 20.6. The van der Waals surface area contributed by atoms with E-state index in [1.54, 1.807) is 48.0 Å². The van der Waals surface area contributed by atoms with Crippen LogP contribution in [0.4, 0.5) is 15.2 Å². The SMILES string of the molecule is C[C@@H](C(=O)N1CCN(c2ccc(S(=O)(=O)Nc3nccs3)cc2)CC1)n1ccc2c(F)cccc21.[HH]. The van der Waals surface area contributed by atoms with Gasteiger partial charge in [0.25, 0.3) is 10.0 Å². The van der Waals surface area contributed by atoms with Crippen molar-refractivity contribution in [2.45, 2.75) is 17.9 Å². The topological polar surface area (TPSA) is 87.5 Å². The second kappa shape index (κ2) is 9.31. The van der Waals surface area contributed by atoms with Crippen LogP contribution in [0, 0.1) is 5.82 Å². The molecule has 2 aromatic carbocycles. The number of nitrogens with one attached hydrogen (secondary N) is 1.